The molecule has 0 saturated heterocycles. The van der Waals surface area contributed by atoms with Gasteiger partial charge in [-0.05, 0) is 0 Å². The van der Waals surface area contributed by atoms with Crippen molar-refractivity contribution in [2.75, 3.05) is 0 Å². The van der Waals surface area contributed by atoms with E-state index in [0.29, 0.717) is 5.69 Å². The number of aliphatic carboxylic acids is 1. The van der Waals surface area contributed by atoms with E-state index in [1.165, 1.54) is 17.1 Å². The Hall–Kier alpha value is -2.77. The third-order valence-corrected chi connectivity index (χ3v) is 3.13. The van der Waals surface area contributed by atoms with Crippen molar-refractivity contribution < 1.29 is 18.7 Å². The van der Waals surface area contributed by atoms with Gasteiger partial charge in [0.1, 0.15) is 12.2 Å². The second-order valence-corrected chi connectivity index (χ2v) is 4.56. The van der Waals surface area contributed by atoms with Crippen LogP contribution in [0.15, 0.2) is 24.7 Å². The first kappa shape index (κ1) is 13.2. The Labute approximate surface area is 117 Å². The van der Waals surface area contributed by atoms with Crippen LogP contribution in [-0.4, -0.2) is 30.2 Å². The minimum atomic E-state index is -1.11. The summed E-state index contributed by atoms with van der Waals surface area (Å²) in [7, 11) is 1.72. The molecule has 0 unspecified atom stereocenters. The number of rotatable bonds is 3. The summed E-state index contributed by atoms with van der Waals surface area (Å²) in [6, 6.07) is 1.89. The average Bonchev–Trinajstić information content (AvgIpc) is 2.95. The molecule has 21 heavy (non-hydrogen) atoms. The van der Waals surface area contributed by atoms with Crippen LogP contribution in [0.4, 0.5) is 8.78 Å². The molecule has 0 atom stereocenters. The Kier molecular flexibility index (Phi) is 2.93. The van der Waals surface area contributed by atoms with Crippen LogP contribution >= 0.6 is 0 Å². The van der Waals surface area contributed by atoms with Gasteiger partial charge < -0.3 is 14.2 Å². The predicted octanol–water partition coefficient (Wildman–Crippen LogP) is 1.80. The van der Waals surface area contributed by atoms with Crippen molar-refractivity contribution in [3.8, 4) is 11.5 Å². The molecule has 0 bridgehead atoms. The zero-order valence-corrected chi connectivity index (χ0v) is 10.9. The Morgan fingerprint density at radius 3 is 2.67 bits per heavy atom. The van der Waals surface area contributed by atoms with Crippen LogP contribution in [0.5, 0.6) is 0 Å². The molecule has 8 heteroatoms. The van der Waals surface area contributed by atoms with E-state index in [0.717, 1.165) is 12.1 Å². The highest BCUT2D eigenvalue weighted by Gasteiger charge is 2.19. The molecule has 0 aliphatic carbocycles. The summed E-state index contributed by atoms with van der Waals surface area (Å²) in [5.74, 6) is -2.90. The van der Waals surface area contributed by atoms with Gasteiger partial charge in [-0.3, -0.25) is 4.79 Å². The first-order chi connectivity index (χ1) is 9.97. The molecule has 0 spiro atoms. The van der Waals surface area contributed by atoms with E-state index >= 15 is 0 Å². The second kappa shape index (κ2) is 4.65. The van der Waals surface area contributed by atoms with E-state index < -0.39 is 24.1 Å². The molecule has 3 rings (SSSR count). The van der Waals surface area contributed by atoms with E-state index in [4.69, 9.17) is 5.11 Å². The van der Waals surface area contributed by atoms with Gasteiger partial charge in [0, 0.05) is 19.2 Å². The number of hydrogen-bond acceptors (Lipinski definition) is 3. The van der Waals surface area contributed by atoms with Crippen LogP contribution in [0.3, 0.4) is 0 Å². The molecule has 0 amide bonds. The lowest BCUT2D eigenvalue weighted by Gasteiger charge is -2.06. The van der Waals surface area contributed by atoms with E-state index in [1.807, 2.05) is 0 Å². The Bertz CT molecular complexity index is 853. The molecule has 0 saturated carbocycles. The standard InChI is InChI=1S/C13H10F2N4O2/c1-18-6-16-4-11(18)13-17-9-2-7(14)8(15)3-10(9)19(13)5-12(20)21/h2-4,6H,5H2,1H3,(H,20,21). The highest BCUT2D eigenvalue weighted by atomic mass is 19.2. The van der Waals surface area contributed by atoms with E-state index in [1.54, 1.807) is 11.6 Å². The molecule has 1 aromatic carbocycles. The maximum atomic E-state index is 13.4. The van der Waals surface area contributed by atoms with Crippen molar-refractivity contribution in [1.29, 1.82) is 0 Å². The normalized spacial score (nSPS) is 11.2. The first-order valence-corrected chi connectivity index (χ1v) is 6.01. The summed E-state index contributed by atoms with van der Waals surface area (Å²) < 4.78 is 29.7. The number of hydrogen-bond donors (Lipinski definition) is 1. The van der Waals surface area contributed by atoms with Crippen LogP contribution in [0.25, 0.3) is 22.6 Å². The lowest BCUT2D eigenvalue weighted by atomic mass is 10.3. The zero-order chi connectivity index (χ0) is 15.1. The number of aryl methyl sites for hydroxylation is 1. The Balaban J connectivity index is 2.33. The van der Waals surface area contributed by atoms with E-state index in [-0.39, 0.29) is 16.9 Å². The van der Waals surface area contributed by atoms with Gasteiger partial charge in [0.15, 0.2) is 17.5 Å². The molecular formula is C13H10F2N4O2. The largest absolute Gasteiger partial charge is 0.480 e. The minimum absolute atomic E-state index is 0.186. The fourth-order valence-corrected chi connectivity index (χ4v) is 2.18. The number of nitrogens with zero attached hydrogens (tertiary/aromatic N) is 4. The van der Waals surface area contributed by atoms with Crippen molar-refractivity contribution >= 4 is 17.0 Å². The molecule has 108 valence electrons. The van der Waals surface area contributed by atoms with Crippen molar-refractivity contribution in [2.24, 2.45) is 7.05 Å². The quantitative estimate of drug-likeness (QED) is 0.799. The van der Waals surface area contributed by atoms with Gasteiger partial charge >= 0.3 is 5.97 Å². The third kappa shape index (κ3) is 2.14. The van der Waals surface area contributed by atoms with Crippen molar-refractivity contribution in [3.63, 3.8) is 0 Å². The van der Waals surface area contributed by atoms with E-state index in [9.17, 15) is 13.6 Å². The number of carboxylic acids is 1. The molecule has 0 aliphatic heterocycles. The van der Waals surface area contributed by atoms with Crippen LogP contribution in [0.2, 0.25) is 0 Å². The van der Waals surface area contributed by atoms with Gasteiger partial charge in [-0.2, -0.15) is 0 Å². The molecule has 1 N–H and O–H groups in total. The fraction of sp³-hybridized carbons (Fsp3) is 0.154. The Morgan fingerprint density at radius 1 is 1.33 bits per heavy atom. The maximum absolute atomic E-state index is 13.4. The minimum Gasteiger partial charge on any atom is -0.480 e. The molecule has 3 aromatic rings. The number of carboxylic acid groups (broad SMARTS) is 1. The number of aromatic nitrogens is 4. The molecule has 6 nitrogen and oxygen atoms in total. The molecule has 0 radical (unpaired) electrons. The molecule has 0 fully saturated rings. The van der Waals surface area contributed by atoms with Crippen molar-refractivity contribution in [2.45, 2.75) is 6.54 Å². The van der Waals surface area contributed by atoms with Crippen LogP contribution in [-0.2, 0) is 18.4 Å². The summed E-state index contributed by atoms with van der Waals surface area (Å²) in [5, 5.41) is 9.02. The van der Waals surface area contributed by atoms with Gasteiger partial charge in [0.2, 0.25) is 0 Å². The summed E-state index contributed by atoms with van der Waals surface area (Å²) in [6.45, 7) is -0.415. The summed E-state index contributed by atoms with van der Waals surface area (Å²) in [5.41, 5.74) is 0.951. The van der Waals surface area contributed by atoms with Crippen LogP contribution < -0.4 is 0 Å². The van der Waals surface area contributed by atoms with Crippen LogP contribution in [0, 0.1) is 11.6 Å². The highest BCUT2D eigenvalue weighted by molar-refractivity contribution is 5.82. The van der Waals surface area contributed by atoms with Crippen molar-refractivity contribution in [3.05, 3.63) is 36.3 Å². The van der Waals surface area contributed by atoms with Gasteiger partial charge in [-0.15, -0.1) is 0 Å². The summed E-state index contributed by atoms with van der Waals surface area (Å²) in [4.78, 5) is 19.2. The van der Waals surface area contributed by atoms with Crippen molar-refractivity contribution in [1.82, 2.24) is 19.1 Å². The summed E-state index contributed by atoms with van der Waals surface area (Å²) >= 11 is 0. The number of fused-ring (bicyclic) bond motifs is 1. The monoisotopic (exact) mass is 292 g/mol. The molecule has 0 aliphatic rings. The van der Waals surface area contributed by atoms with E-state index in [2.05, 4.69) is 9.97 Å². The van der Waals surface area contributed by atoms with Gasteiger partial charge in [-0.25, -0.2) is 18.7 Å². The average molecular weight is 292 g/mol. The second-order valence-electron chi connectivity index (χ2n) is 4.56. The summed E-state index contributed by atoms with van der Waals surface area (Å²) in [6.07, 6.45) is 3.03. The number of carbonyl (C=O) groups is 1. The predicted molar refractivity (Wildman–Crippen MR) is 69.5 cm³/mol. The first-order valence-electron chi connectivity index (χ1n) is 6.01. The number of benzene rings is 1. The molecular weight excluding hydrogens is 282 g/mol. The van der Waals surface area contributed by atoms with Gasteiger partial charge in [-0.1, -0.05) is 0 Å². The number of halogens is 2. The third-order valence-electron chi connectivity index (χ3n) is 3.13. The maximum Gasteiger partial charge on any atom is 0.323 e. The lowest BCUT2D eigenvalue weighted by molar-refractivity contribution is -0.137. The molecule has 2 aromatic heterocycles. The fourth-order valence-electron chi connectivity index (χ4n) is 2.18. The topological polar surface area (TPSA) is 72.9 Å². The van der Waals surface area contributed by atoms with Gasteiger partial charge in [0.05, 0.1) is 23.6 Å². The molecule has 2 heterocycles. The lowest BCUT2D eigenvalue weighted by Crippen LogP contribution is -2.11. The number of imidazole rings is 2. The van der Waals surface area contributed by atoms with Gasteiger partial charge in [0.25, 0.3) is 0 Å². The zero-order valence-electron chi connectivity index (χ0n) is 10.9. The highest BCUT2D eigenvalue weighted by Crippen LogP contribution is 2.26. The Morgan fingerprint density at radius 2 is 2.05 bits per heavy atom. The SMILES string of the molecule is Cn1cncc1-c1nc2cc(F)c(F)cc2n1CC(=O)O. The smallest absolute Gasteiger partial charge is 0.323 e. The van der Waals surface area contributed by atoms with Crippen LogP contribution in [0.1, 0.15) is 0 Å².